The Hall–Kier alpha value is -0.180. The predicted octanol–water partition coefficient (Wildman–Crippen LogP) is 1.92. The Morgan fingerprint density at radius 1 is 1.40 bits per heavy atom. The fourth-order valence-electron chi connectivity index (χ4n) is 1.44. The Bertz CT molecular complexity index is 106. The lowest BCUT2D eigenvalue weighted by Gasteiger charge is -2.15. The molecule has 60 valence electrons. The first-order chi connectivity index (χ1) is 4.63. The van der Waals surface area contributed by atoms with E-state index in [2.05, 4.69) is 0 Å². The van der Waals surface area contributed by atoms with Crippen LogP contribution in [0.1, 0.15) is 13.8 Å². The smallest absolute Gasteiger partial charge is 0.244 e. The highest BCUT2D eigenvalue weighted by molar-refractivity contribution is 4.79. The minimum atomic E-state index is -2.23. The van der Waals surface area contributed by atoms with Crippen LogP contribution in [-0.2, 0) is 4.74 Å². The first kappa shape index (κ1) is 7.92. The molecule has 0 aromatic rings. The van der Waals surface area contributed by atoms with Gasteiger partial charge in [0, 0.05) is 0 Å². The van der Waals surface area contributed by atoms with Crippen LogP contribution in [0.25, 0.3) is 0 Å². The molecule has 10 heavy (non-hydrogen) atoms. The number of halogens is 2. The third-order valence-corrected chi connectivity index (χ3v) is 2.11. The molecule has 1 fully saturated rings. The Kier molecular flexibility index (Phi) is 2.24. The molecule has 0 spiro atoms. The molecule has 0 aromatic carbocycles. The van der Waals surface area contributed by atoms with E-state index >= 15 is 0 Å². The standard InChI is InChI=1S/C7H12F2O/c1-4-3-10-5(2)6(4)7(8)9/h4-7H,3H2,1-2H3. The molecule has 0 saturated carbocycles. The second kappa shape index (κ2) is 2.82. The summed E-state index contributed by atoms with van der Waals surface area (Å²) >= 11 is 0. The SMILES string of the molecule is CC1COC(C)C1C(F)F. The third-order valence-electron chi connectivity index (χ3n) is 2.11. The average Bonchev–Trinajstić information content (AvgIpc) is 2.11. The number of hydrogen-bond donors (Lipinski definition) is 0. The van der Waals surface area contributed by atoms with Gasteiger partial charge in [-0.3, -0.25) is 0 Å². The van der Waals surface area contributed by atoms with Gasteiger partial charge >= 0.3 is 0 Å². The predicted molar refractivity (Wildman–Crippen MR) is 34.1 cm³/mol. The second-order valence-corrected chi connectivity index (χ2v) is 2.93. The summed E-state index contributed by atoms with van der Waals surface area (Å²) < 4.78 is 29.4. The second-order valence-electron chi connectivity index (χ2n) is 2.93. The van der Waals surface area contributed by atoms with E-state index in [9.17, 15) is 8.78 Å². The minimum Gasteiger partial charge on any atom is -0.378 e. The highest BCUT2D eigenvalue weighted by atomic mass is 19.3. The lowest BCUT2D eigenvalue weighted by atomic mass is 9.94. The maximum absolute atomic E-state index is 12.2. The molecule has 0 amide bonds. The van der Waals surface area contributed by atoms with Gasteiger partial charge in [0.15, 0.2) is 0 Å². The van der Waals surface area contributed by atoms with Gasteiger partial charge in [0.25, 0.3) is 0 Å². The van der Waals surface area contributed by atoms with Gasteiger partial charge in [0.05, 0.1) is 18.6 Å². The Morgan fingerprint density at radius 2 is 2.00 bits per heavy atom. The molecule has 0 aliphatic carbocycles. The zero-order valence-corrected chi connectivity index (χ0v) is 6.18. The summed E-state index contributed by atoms with van der Waals surface area (Å²) in [6, 6.07) is 0. The maximum Gasteiger partial charge on any atom is 0.244 e. The van der Waals surface area contributed by atoms with E-state index < -0.39 is 12.3 Å². The summed E-state index contributed by atoms with van der Waals surface area (Å²) in [5, 5.41) is 0. The molecule has 0 N–H and O–H groups in total. The summed E-state index contributed by atoms with van der Waals surface area (Å²) in [5.74, 6) is -0.546. The van der Waals surface area contributed by atoms with Gasteiger partial charge in [-0.2, -0.15) is 0 Å². The fourth-order valence-corrected chi connectivity index (χ4v) is 1.44. The molecule has 1 saturated heterocycles. The lowest BCUT2D eigenvalue weighted by Crippen LogP contribution is -2.23. The molecule has 0 aromatic heterocycles. The van der Waals surface area contributed by atoms with Crippen LogP contribution < -0.4 is 0 Å². The number of alkyl halides is 2. The van der Waals surface area contributed by atoms with Crippen LogP contribution in [0.2, 0.25) is 0 Å². The van der Waals surface area contributed by atoms with Crippen LogP contribution in [0.5, 0.6) is 0 Å². The van der Waals surface area contributed by atoms with Crippen LogP contribution in [0.15, 0.2) is 0 Å². The maximum atomic E-state index is 12.2. The van der Waals surface area contributed by atoms with E-state index in [1.807, 2.05) is 0 Å². The van der Waals surface area contributed by atoms with E-state index in [0.717, 1.165) is 0 Å². The topological polar surface area (TPSA) is 9.23 Å². The fraction of sp³-hybridized carbons (Fsp3) is 1.00. The van der Waals surface area contributed by atoms with Crippen LogP contribution in [0.4, 0.5) is 8.78 Å². The van der Waals surface area contributed by atoms with Crippen molar-refractivity contribution in [1.82, 2.24) is 0 Å². The van der Waals surface area contributed by atoms with Gasteiger partial charge in [-0.15, -0.1) is 0 Å². The molecule has 1 nitrogen and oxygen atoms in total. The summed E-state index contributed by atoms with van der Waals surface area (Å²) in [4.78, 5) is 0. The van der Waals surface area contributed by atoms with Crippen LogP contribution in [0, 0.1) is 11.8 Å². The van der Waals surface area contributed by atoms with Crippen LogP contribution >= 0.6 is 0 Å². The summed E-state index contributed by atoms with van der Waals surface area (Å²) in [6.45, 7) is 4.00. The van der Waals surface area contributed by atoms with Crippen molar-refractivity contribution < 1.29 is 13.5 Å². The summed E-state index contributed by atoms with van der Waals surface area (Å²) in [5.41, 5.74) is 0. The Morgan fingerprint density at radius 3 is 2.20 bits per heavy atom. The van der Waals surface area contributed by atoms with Gasteiger partial charge in [-0.1, -0.05) is 6.92 Å². The number of ether oxygens (including phenoxy) is 1. The molecule has 1 aliphatic rings. The largest absolute Gasteiger partial charge is 0.378 e. The third kappa shape index (κ3) is 1.29. The molecule has 0 bridgehead atoms. The quantitative estimate of drug-likeness (QED) is 0.555. The Balaban J connectivity index is 2.54. The van der Waals surface area contributed by atoms with Crippen molar-refractivity contribution in [2.45, 2.75) is 26.4 Å². The van der Waals surface area contributed by atoms with E-state index in [1.54, 1.807) is 13.8 Å². The molecule has 1 aliphatic heterocycles. The molecular weight excluding hydrogens is 138 g/mol. The van der Waals surface area contributed by atoms with Gasteiger partial charge in [-0.05, 0) is 12.8 Å². The average molecular weight is 150 g/mol. The molecule has 3 heteroatoms. The minimum absolute atomic E-state index is 0.00926. The van der Waals surface area contributed by atoms with Crippen molar-refractivity contribution >= 4 is 0 Å². The zero-order chi connectivity index (χ0) is 7.72. The lowest BCUT2D eigenvalue weighted by molar-refractivity contribution is 0.0193. The highest BCUT2D eigenvalue weighted by Gasteiger charge is 2.37. The van der Waals surface area contributed by atoms with Crippen LogP contribution in [0.3, 0.4) is 0 Å². The van der Waals surface area contributed by atoms with E-state index in [0.29, 0.717) is 6.61 Å². The van der Waals surface area contributed by atoms with Gasteiger partial charge in [0.2, 0.25) is 6.43 Å². The van der Waals surface area contributed by atoms with Crippen molar-refractivity contribution in [2.24, 2.45) is 11.8 Å². The number of rotatable bonds is 1. The molecule has 0 radical (unpaired) electrons. The molecule has 1 rings (SSSR count). The zero-order valence-electron chi connectivity index (χ0n) is 6.18. The monoisotopic (exact) mass is 150 g/mol. The van der Waals surface area contributed by atoms with E-state index in [1.165, 1.54) is 0 Å². The van der Waals surface area contributed by atoms with Crippen molar-refractivity contribution in [3.63, 3.8) is 0 Å². The van der Waals surface area contributed by atoms with Crippen LogP contribution in [-0.4, -0.2) is 19.1 Å². The van der Waals surface area contributed by atoms with Crippen molar-refractivity contribution in [3.8, 4) is 0 Å². The number of hydrogen-bond acceptors (Lipinski definition) is 1. The van der Waals surface area contributed by atoms with Gasteiger partial charge in [0.1, 0.15) is 0 Å². The Labute approximate surface area is 59.4 Å². The van der Waals surface area contributed by atoms with E-state index in [4.69, 9.17) is 4.74 Å². The normalized spacial score (nSPS) is 41.1. The van der Waals surface area contributed by atoms with Gasteiger partial charge < -0.3 is 4.74 Å². The van der Waals surface area contributed by atoms with Crippen molar-refractivity contribution in [3.05, 3.63) is 0 Å². The van der Waals surface area contributed by atoms with Gasteiger partial charge in [-0.25, -0.2) is 8.78 Å². The molecular formula is C7H12F2O. The van der Waals surface area contributed by atoms with Crippen molar-refractivity contribution in [1.29, 1.82) is 0 Å². The van der Waals surface area contributed by atoms with Crippen molar-refractivity contribution in [2.75, 3.05) is 6.61 Å². The first-order valence-corrected chi connectivity index (χ1v) is 3.52. The highest BCUT2D eigenvalue weighted by Crippen LogP contribution is 2.31. The van der Waals surface area contributed by atoms with E-state index in [-0.39, 0.29) is 12.0 Å². The summed E-state index contributed by atoms with van der Waals surface area (Å²) in [7, 11) is 0. The molecule has 3 unspecified atom stereocenters. The molecule has 1 heterocycles. The molecule has 3 atom stereocenters. The first-order valence-electron chi connectivity index (χ1n) is 3.52. The summed E-state index contributed by atoms with van der Waals surface area (Å²) in [6.07, 6.45) is -2.50.